The molecular weight excluding hydrogens is 474 g/mol. The Balaban J connectivity index is 1.65. The summed E-state index contributed by atoms with van der Waals surface area (Å²) in [6, 6.07) is 24.6. The van der Waals surface area contributed by atoms with Crippen LogP contribution in [0, 0.1) is 13.8 Å². The molecule has 7 heteroatoms. The van der Waals surface area contributed by atoms with E-state index >= 15 is 0 Å². The molecule has 0 bridgehead atoms. The summed E-state index contributed by atoms with van der Waals surface area (Å²) in [6.45, 7) is 4.30. The fraction of sp³-hybridized carbons (Fsp3) is 0.214. The Kier molecular flexibility index (Phi) is 6.26. The fourth-order valence-electron chi connectivity index (χ4n) is 4.93. The first-order valence-corrected chi connectivity index (χ1v) is 12.4. The highest BCUT2D eigenvalue weighted by molar-refractivity contribution is 7.80. The highest BCUT2D eigenvalue weighted by Crippen LogP contribution is 2.44. The van der Waals surface area contributed by atoms with E-state index in [-0.39, 0.29) is 12.1 Å². The molecule has 0 radical (unpaired) electrons. The van der Waals surface area contributed by atoms with E-state index in [1.807, 2.05) is 44.6 Å². The molecule has 5 nitrogen and oxygen atoms in total. The van der Waals surface area contributed by atoms with Crippen molar-refractivity contribution in [2.24, 2.45) is 0 Å². The number of hydrogen-bond acceptors (Lipinski definition) is 3. The summed E-state index contributed by atoms with van der Waals surface area (Å²) in [5.74, 6) is 0. The molecule has 0 spiro atoms. The number of nitrogens with one attached hydrogen (secondary N) is 1. The van der Waals surface area contributed by atoms with Gasteiger partial charge in [-0.3, -0.25) is 4.98 Å². The topological polar surface area (TPSA) is 36.3 Å². The zero-order valence-corrected chi connectivity index (χ0v) is 21.8. The first-order chi connectivity index (χ1) is 16.8. The molecule has 0 unspecified atom stereocenters. The van der Waals surface area contributed by atoms with Crippen LogP contribution in [0.1, 0.15) is 34.7 Å². The molecule has 1 N–H and O–H groups in total. The van der Waals surface area contributed by atoms with Crippen LogP contribution in [0.15, 0.2) is 79.0 Å². The maximum Gasteiger partial charge on any atom is 0.174 e. The summed E-state index contributed by atoms with van der Waals surface area (Å²) < 4.78 is 2.27. The number of thiocarbonyl (C=S) groups is 1. The third-order valence-corrected chi connectivity index (χ3v) is 7.18. The lowest BCUT2D eigenvalue weighted by atomic mass is 9.96. The highest BCUT2D eigenvalue weighted by atomic mass is 35.5. The first kappa shape index (κ1) is 23.4. The van der Waals surface area contributed by atoms with Gasteiger partial charge in [-0.2, -0.15) is 0 Å². The number of nitrogens with zero attached hydrogens (tertiary/aromatic N) is 4. The van der Waals surface area contributed by atoms with Crippen molar-refractivity contribution in [3.63, 3.8) is 0 Å². The average molecular weight is 502 g/mol. The number of aryl methyl sites for hydroxylation is 1. The lowest BCUT2D eigenvalue weighted by molar-refractivity contribution is 0.565. The van der Waals surface area contributed by atoms with E-state index in [9.17, 15) is 0 Å². The van der Waals surface area contributed by atoms with Crippen LogP contribution in [0.3, 0.4) is 0 Å². The predicted octanol–water partition coefficient (Wildman–Crippen LogP) is 6.39. The van der Waals surface area contributed by atoms with Crippen molar-refractivity contribution in [2.45, 2.75) is 25.9 Å². The minimum absolute atomic E-state index is 0.0603. The van der Waals surface area contributed by atoms with Gasteiger partial charge in [0, 0.05) is 53.8 Å². The number of benzene rings is 2. The monoisotopic (exact) mass is 501 g/mol. The largest absolute Gasteiger partial charge is 0.378 e. The smallest absolute Gasteiger partial charge is 0.174 e. The van der Waals surface area contributed by atoms with Gasteiger partial charge in [0.2, 0.25) is 0 Å². The van der Waals surface area contributed by atoms with Gasteiger partial charge in [-0.25, -0.2) is 0 Å². The average Bonchev–Trinajstić information content (AvgIpc) is 3.35. The van der Waals surface area contributed by atoms with E-state index in [1.54, 1.807) is 0 Å². The van der Waals surface area contributed by atoms with Gasteiger partial charge >= 0.3 is 0 Å². The Morgan fingerprint density at radius 1 is 0.943 bits per heavy atom. The Hall–Kier alpha value is -3.35. The number of aromatic nitrogens is 2. The first-order valence-electron chi connectivity index (χ1n) is 11.6. The normalized spacial score (nSPS) is 17.5. The van der Waals surface area contributed by atoms with E-state index in [0.717, 1.165) is 39.2 Å². The number of anilines is 2. The van der Waals surface area contributed by atoms with Gasteiger partial charge in [0.1, 0.15) is 0 Å². The van der Waals surface area contributed by atoms with Crippen LogP contribution in [0.2, 0.25) is 5.02 Å². The molecule has 0 amide bonds. The van der Waals surface area contributed by atoms with Crippen molar-refractivity contribution in [1.82, 2.24) is 14.9 Å². The highest BCUT2D eigenvalue weighted by Gasteiger charge is 2.42. The second kappa shape index (κ2) is 9.36. The summed E-state index contributed by atoms with van der Waals surface area (Å²) in [5.41, 5.74) is 7.76. The van der Waals surface area contributed by atoms with E-state index in [4.69, 9.17) is 23.8 Å². The second-order valence-corrected chi connectivity index (χ2v) is 9.87. The van der Waals surface area contributed by atoms with Crippen LogP contribution < -0.4 is 15.1 Å². The molecule has 2 aromatic carbocycles. The molecule has 2 aromatic heterocycles. The van der Waals surface area contributed by atoms with Crippen molar-refractivity contribution in [2.75, 3.05) is 23.9 Å². The molecule has 178 valence electrons. The van der Waals surface area contributed by atoms with Crippen LogP contribution in [0.4, 0.5) is 11.4 Å². The van der Waals surface area contributed by atoms with Crippen molar-refractivity contribution in [3.8, 4) is 5.69 Å². The molecule has 5 rings (SSSR count). The molecule has 35 heavy (non-hydrogen) atoms. The van der Waals surface area contributed by atoms with Crippen LogP contribution in [0.5, 0.6) is 0 Å². The van der Waals surface area contributed by atoms with Crippen molar-refractivity contribution < 1.29 is 0 Å². The minimum atomic E-state index is -0.0867. The predicted molar refractivity (Wildman–Crippen MR) is 149 cm³/mol. The SMILES string of the molecule is Cc1cc([C@H]2[C@H](c3ccccn3)NC(=S)N2c2ccc(N(C)C)cc2)c(C)n1-c1ccc(Cl)cc1. The van der Waals surface area contributed by atoms with Crippen LogP contribution in [-0.2, 0) is 0 Å². The van der Waals surface area contributed by atoms with Crippen LogP contribution in [0.25, 0.3) is 5.69 Å². The van der Waals surface area contributed by atoms with Crippen molar-refractivity contribution in [1.29, 1.82) is 0 Å². The van der Waals surface area contributed by atoms with E-state index < -0.39 is 0 Å². The summed E-state index contributed by atoms with van der Waals surface area (Å²) in [5, 5.41) is 4.99. The van der Waals surface area contributed by atoms with Gasteiger partial charge < -0.3 is 19.7 Å². The molecule has 2 atom stereocenters. The van der Waals surface area contributed by atoms with E-state index in [0.29, 0.717) is 5.11 Å². The third kappa shape index (κ3) is 4.28. The molecular formula is C28H28ClN5S. The van der Waals surface area contributed by atoms with Gasteiger partial charge in [0.05, 0.1) is 17.8 Å². The molecule has 1 fully saturated rings. The number of pyridine rings is 1. The van der Waals surface area contributed by atoms with Gasteiger partial charge in [-0.1, -0.05) is 17.7 Å². The van der Waals surface area contributed by atoms with Gasteiger partial charge in [0.25, 0.3) is 0 Å². The molecule has 1 aliphatic rings. The molecule has 4 aromatic rings. The zero-order valence-electron chi connectivity index (χ0n) is 20.2. The van der Waals surface area contributed by atoms with Gasteiger partial charge in [0.15, 0.2) is 5.11 Å². The molecule has 3 heterocycles. The maximum absolute atomic E-state index is 6.16. The van der Waals surface area contributed by atoms with E-state index in [2.05, 4.69) is 87.0 Å². The van der Waals surface area contributed by atoms with Crippen LogP contribution in [-0.4, -0.2) is 28.8 Å². The number of rotatable bonds is 5. The number of halogens is 1. The molecule has 1 saturated heterocycles. The minimum Gasteiger partial charge on any atom is -0.378 e. The standard InChI is InChI=1S/C28H28ClN5S/c1-18-17-24(19(2)33(18)22-10-8-20(29)9-11-22)27-26(25-7-5-6-16-30-25)31-28(35)34(27)23-14-12-21(13-15-23)32(3)4/h5-17,26-27H,1-4H3,(H,31,35)/t26-,27-/m0/s1. The third-order valence-electron chi connectivity index (χ3n) is 6.62. The van der Waals surface area contributed by atoms with E-state index in [1.165, 1.54) is 5.56 Å². The molecule has 1 aliphatic heterocycles. The molecule has 0 aliphatic carbocycles. The maximum atomic E-state index is 6.16. The summed E-state index contributed by atoms with van der Waals surface area (Å²) in [7, 11) is 4.09. The summed E-state index contributed by atoms with van der Waals surface area (Å²) >= 11 is 12.1. The van der Waals surface area contributed by atoms with Gasteiger partial charge in [-0.15, -0.1) is 0 Å². The Labute approximate surface area is 217 Å². The second-order valence-electron chi connectivity index (χ2n) is 9.05. The number of hydrogen-bond donors (Lipinski definition) is 1. The lowest BCUT2D eigenvalue weighted by Crippen LogP contribution is -2.29. The lowest BCUT2D eigenvalue weighted by Gasteiger charge is -2.28. The van der Waals surface area contributed by atoms with Crippen molar-refractivity contribution in [3.05, 3.63) is 107 Å². The Bertz CT molecular complexity index is 1350. The Morgan fingerprint density at radius 3 is 2.26 bits per heavy atom. The quantitative estimate of drug-likeness (QED) is 0.321. The molecule has 0 saturated carbocycles. The zero-order chi connectivity index (χ0) is 24.7. The van der Waals surface area contributed by atoms with Crippen LogP contribution >= 0.6 is 23.8 Å². The summed E-state index contributed by atoms with van der Waals surface area (Å²) in [4.78, 5) is 9.01. The Morgan fingerprint density at radius 2 is 1.63 bits per heavy atom. The fourth-order valence-corrected chi connectivity index (χ4v) is 5.41. The van der Waals surface area contributed by atoms with Crippen molar-refractivity contribution >= 4 is 40.3 Å². The van der Waals surface area contributed by atoms with Gasteiger partial charge in [-0.05, 0) is 98.4 Å². The summed E-state index contributed by atoms with van der Waals surface area (Å²) in [6.07, 6.45) is 1.84.